The molecule has 1 unspecified atom stereocenters. The van der Waals surface area contributed by atoms with Gasteiger partial charge >= 0.3 is 6.18 Å². The lowest BCUT2D eigenvalue weighted by molar-refractivity contribution is -0.138. The average molecular weight is 328 g/mol. The van der Waals surface area contributed by atoms with Gasteiger partial charge in [0.2, 0.25) is 0 Å². The monoisotopic (exact) mass is 328 g/mol. The Morgan fingerprint density at radius 3 is 2.74 bits per heavy atom. The predicted molar refractivity (Wildman–Crippen MR) is 78.2 cm³/mol. The Morgan fingerprint density at radius 1 is 1.35 bits per heavy atom. The molecule has 1 saturated heterocycles. The summed E-state index contributed by atoms with van der Waals surface area (Å²) in [4.78, 5) is 11.8. The maximum Gasteiger partial charge on any atom is 0.416 e. The molecule has 1 fully saturated rings. The summed E-state index contributed by atoms with van der Waals surface area (Å²) in [6, 6.07) is 2.73. The van der Waals surface area contributed by atoms with E-state index in [0.717, 1.165) is 12.6 Å². The van der Waals surface area contributed by atoms with E-state index < -0.39 is 23.2 Å². The minimum Gasteiger partial charge on any atom is -0.372 e. The molecule has 4 nitrogen and oxygen atoms in total. The summed E-state index contributed by atoms with van der Waals surface area (Å²) >= 11 is 0. The maximum atomic E-state index is 13.3. The molecule has 1 amide bonds. The molecule has 2 aliphatic rings. The summed E-state index contributed by atoms with van der Waals surface area (Å²) in [5, 5.41) is 5.70. The van der Waals surface area contributed by atoms with Crippen molar-refractivity contribution in [1.82, 2.24) is 10.6 Å². The topological polar surface area (TPSA) is 50.4 Å². The van der Waals surface area contributed by atoms with Crippen LogP contribution in [0.15, 0.2) is 12.1 Å². The number of fused-ring (bicyclic) bond motifs is 1. The van der Waals surface area contributed by atoms with Crippen LogP contribution in [-0.4, -0.2) is 31.2 Å². The molecule has 2 N–H and O–H groups in total. The summed E-state index contributed by atoms with van der Waals surface area (Å²) < 4.78 is 45.8. The largest absolute Gasteiger partial charge is 0.416 e. The van der Waals surface area contributed by atoms with Crippen molar-refractivity contribution in [2.75, 3.05) is 19.7 Å². The predicted octanol–water partition coefficient (Wildman–Crippen LogP) is 2.26. The Hall–Kier alpha value is -1.60. The molecule has 1 aromatic rings. The Bertz CT molecular complexity index is 622. The first kappa shape index (κ1) is 16.3. The number of hydrogen-bond donors (Lipinski definition) is 2. The second-order valence-corrected chi connectivity index (χ2v) is 6.09. The van der Waals surface area contributed by atoms with Gasteiger partial charge in [0, 0.05) is 31.6 Å². The summed E-state index contributed by atoms with van der Waals surface area (Å²) in [6.07, 6.45) is -3.44. The summed E-state index contributed by atoms with van der Waals surface area (Å²) in [6.45, 7) is 3.75. The fraction of sp³-hybridized carbons (Fsp3) is 0.562. The third kappa shape index (κ3) is 3.07. The molecule has 3 rings (SSSR count). The number of hydrogen-bond acceptors (Lipinski definition) is 3. The van der Waals surface area contributed by atoms with Crippen molar-refractivity contribution >= 4 is 5.91 Å². The molecule has 1 aromatic carbocycles. The van der Waals surface area contributed by atoms with Crippen LogP contribution in [0.1, 0.15) is 40.4 Å². The maximum absolute atomic E-state index is 13.3. The molecule has 0 aromatic heterocycles. The van der Waals surface area contributed by atoms with Crippen LogP contribution in [0, 0.1) is 0 Å². The van der Waals surface area contributed by atoms with Gasteiger partial charge in [0.15, 0.2) is 0 Å². The van der Waals surface area contributed by atoms with Gasteiger partial charge in [-0.25, -0.2) is 0 Å². The van der Waals surface area contributed by atoms with Gasteiger partial charge in [-0.15, -0.1) is 0 Å². The van der Waals surface area contributed by atoms with Gasteiger partial charge in [0.05, 0.1) is 17.8 Å². The van der Waals surface area contributed by atoms with Crippen LogP contribution in [-0.2, 0) is 23.9 Å². The highest BCUT2D eigenvalue weighted by Crippen LogP contribution is 2.37. The lowest BCUT2D eigenvalue weighted by Crippen LogP contribution is -2.50. The van der Waals surface area contributed by atoms with Gasteiger partial charge < -0.3 is 15.4 Å². The van der Waals surface area contributed by atoms with E-state index in [9.17, 15) is 18.0 Å². The van der Waals surface area contributed by atoms with E-state index in [0.29, 0.717) is 31.6 Å². The second kappa shape index (κ2) is 5.79. The minimum absolute atomic E-state index is 0.0412. The van der Waals surface area contributed by atoms with Crippen LogP contribution in [0.3, 0.4) is 0 Å². The molecule has 7 heteroatoms. The number of carbonyl (C=O) groups is 1. The number of benzene rings is 1. The number of alkyl halides is 3. The van der Waals surface area contributed by atoms with Gasteiger partial charge in [-0.3, -0.25) is 4.79 Å². The standard InChI is InChI=1S/C16H19F3N2O2/c1-2-15(9-20-3-4-23-15)7-10-5-11-12(8-21-14(11)22)13(6-10)16(17,18)19/h5-6,20H,2-4,7-9H2,1H3,(H,21,22). The first-order valence-electron chi connectivity index (χ1n) is 7.70. The number of nitrogens with one attached hydrogen (secondary N) is 2. The van der Waals surface area contributed by atoms with Crippen molar-refractivity contribution in [3.8, 4) is 0 Å². The number of rotatable bonds is 3. The zero-order chi connectivity index (χ0) is 16.7. The quantitative estimate of drug-likeness (QED) is 0.895. The van der Waals surface area contributed by atoms with Crippen LogP contribution < -0.4 is 10.6 Å². The summed E-state index contributed by atoms with van der Waals surface area (Å²) in [5.74, 6) is -0.444. The fourth-order valence-electron chi connectivity index (χ4n) is 3.29. The van der Waals surface area contributed by atoms with Crippen LogP contribution >= 0.6 is 0 Å². The van der Waals surface area contributed by atoms with Crippen molar-refractivity contribution in [2.24, 2.45) is 0 Å². The molecule has 1 atom stereocenters. The number of carbonyl (C=O) groups excluding carboxylic acids is 1. The highest BCUT2D eigenvalue weighted by atomic mass is 19.4. The molecule has 0 spiro atoms. The smallest absolute Gasteiger partial charge is 0.372 e. The second-order valence-electron chi connectivity index (χ2n) is 6.09. The van der Waals surface area contributed by atoms with Crippen molar-refractivity contribution in [1.29, 1.82) is 0 Å². The lowest BCUT2D eigenvalue weighted by atomic mass is 9.88. The van der Waals surface area contributed by atoms with Gasteiger partial charge in [0.25, 0.3) is 5.91 Å². The van der Waals surface area contributed by atoms with Crippen LogP contribution in [0.5, 0.6) is 0 Å². The Morgan fingerprint density at radius 2 is 2.13 bits per heavy atom. The summed E-state index contributed by atoms with van der Waals surface area (Å²) in [7, 11) is 0. The highest BCUT2D eigenvalue weighted by molar-refractivity contribution is 5.99. The van der Waals surface area contributed by atoms with E-state index in [1.807, 2.05) is 6.92 Å². The molecule has 2 heterocycles. The summed E-state index contributed by atoms with van der Waals surface area (Å²) in [5.41, 5.74) is -0.592. The van der Waals surface area contributed by atoms with E-state index in [4.69, 9.17) is 4.74 Å². The molecule has 126 valence electrons. The van der Waals surface area contributed by atoms with Crippen molar-refractivity contribution in [2.45, 2.75) is 38.1 Å². The molecule has 0 bridgehead atoms. The number of morpholine rings is 1. The highest BCUT2D eigenvalue weighted by Gasteiger charge is 2.39. The normalized spacial score (nSPS) is 24.4. The van der Waals surface area contributed by atoms with Crippen LogP contribution in [0.25, 0.3) is 0 Å². The Balaban J connectivity index is 2.00. The zero-order valence-electron chi connectivity index (χ0n) is 12.8. The average Bonchev–Trinajstić information content (AvgIpc) is 2.88. The van der Waals surface area contributed by atoms with Gasteiger partial charge in [-0.05, 0) is 29.7 Å². The van der Waals surface area contributed by atoms with Gasteiger partial charge in [-0.2, -0.15) is 13.2 Å². The Kier molecular flexibility index (Phi) is 4.10. The molecule has 0 aliphatic carbocycles. The molecule has 0 radical (unpaired) electrons. The van der Waals surface area contributed by atoms with Crippen molar-refractivity contribution in [3.05, 3.63) is 34.4 Å². The first-order chi connectivity index (χ1) is 10.8. The van der Waals surface area contributed by atoms with Crippen LogP contribution in [0.2, 0.25) is 0 Å². The van der Waals surface area contributed by atoms with Crippen molar-refractivity contribution < 1.29 is 22.7 Å². The van der Waals surface area contributed by atoms with Crippen LogP contribution in [0.4, 0.5) is 13.2 Å². The zero-order valence-corrected chi connectivity index (χ0v) is 12.8. The molecule has 0 saturated carbocycles. The lowest BCUT2D eigenvalue weighted by Gasteiger charge is -2.37. The molecular formula is C16H19F3N2O2. The molecule has 23 heavy (non-hydrogen) atoms. The minimum atomic E-state index is -4.47. The SMILES string of the molecule is CCC1(Cc2cc3c(c(C(F)(F)F)c2)CNC3=O)CNCCO1. The molecular weight excluding hydrogens is 309 g/mol. The van der Waals surface area contributed by atoms with E-state index in [-0.39, 0.29) is 17.7 Å². The van der Waals surface area contributed by atoms with Gasteiger partial charge in [0.1, 0.15) is 0 Å². The molecule has 2 aliphatic heterocycles. The van der Waals surface area contributed by atoms with E-state index in [1.54, 1.807) is 6.07 Å². The van der Waals surface area contributed by atoms with Crippen molar-refractivity contribution in [3.63, 3.8) is 0 Å². The van der Waals surface area contributed by atoms with Gasteiger partial charge in [-0.1, -0.05) is 6.92 Å². The first-order valence-corrected chi connectivity index (χ1v) is 7.70. The third-order valence-electron chi connectivity index (χ3n) is 4.59. The Labute approximate surface area is 132 Å². The van der Waals surface area contributed by atoms with E-state index in [2.05, 4.69) is 10.6 Å². The number of ether oxygens (including phenoxy) is 1. The van der Waals surface area contributed by atoms with E-state index in [1.165, 1.54) is 0 Å². The number of halogens is 3. The fourth-order valence-corrected chi connectivity index (χ4v) is 3.29. The van der Waals surface area contributed by atoms with E-state index >= 15 is 0 Å². The number of amides is 1. The third-order valence-corrected chi connectivity index (χ3v) is 4.59.